The number of hydrazone groups is 1. The first-order chi connectivity index (χ1) is 15.0. The van der Waals surface area contributed by atoms with Crippen molar-refractivity contribution in [2.75, 3.05) is 25.6 Å². The number of anilines is 1. The summed E-state index contributed by atoms with van der Waals surface area (Å²) in [6, 6.07) is 12.2. The standard InChI is InChI=1S/C23H29N3O5/c1-5-13-31-20-12-7-17(14-21(20)30-6-2)15-24-26-23(28)16(3)22(27)25-18-8-10-19(29-4)11-9-18/h7-12,14-16H,5-6,13H2,1-4H3,(H,25,27)(H,26,28). The van der Waals surface area contributed by atoms with Gasteiger partial charge in [-0.05, 0) is 68.3 Å². The summed E-state index contributed by atoms with van der Waals surface area (Å²) in [6.07, 6.45) is 2.38. The molecule has 8 heteroatoms. The van der Waals surface area contributed by atoms with E-state index < -0.39 is 17.7 Å². The highest BCUT2D eigenvalue weighted by Crippen LogP contribution is 2.28. The summed E-state index contributed by atoms with van der Waals surface area (Å²) in [5.74, 6) is 0.0647. The number of hydrogen-bond donors (Lipinski definition) is 2. The lowest BCUT2D eigenvalue weighted by molar-refractivity contribution is -0.131. The third kappa shape index (κ3) is 7.33. The van der Waals surface area contributed by atoms with Gasteiger partial charge in [-0.2, -0.15) is 5.10 Å². The number of benzene rings is 2. The Bertz CT molecular complexity index is 897. The van der Waals surface area contributed by atoms with Crippen LogP contribution >= 0.6 is 0 Å². The van der Waals surface area contributed by atoms with E-state index in [0.29, 0.717) is 36.1 Å². The predicted molar refractivity (Wildman–Crippen MR) is 120 cm³/mol. The number of methoxy groups -OCH3 is 1. The molecule has 1 atom stereocenters. The van der Waals surface area contributed by atoms with E-state index in [0.717, 1.165) is 12.0 Å². The zero-order valence-electron chi connectivity index (χ0n) is 18.3. The van der Waals surface area contributed by atoms with E-state index in [2.05, 4.69) is 15.8 Å². The average Bonchev–Trinajstić information content (AvgIpc) is 2.78. The zero-order chi connectivity index (χ0) is 22.6. The maximum Gasteiger partial charge on any atom is 0.252 e. The lowest BCUT2D eigenvalue weighted by atomic mass is 10.1. The van der Waals surface area contributed by atoms with Crippen LogP contribution < -0.4 is 25.0 Å². The summed E-state index contributed by atoms with van der Waals surface area (Å²) < 4.78 is 16.4. The molecule has 2 aromatic rings. The summed E-state index contributed by atoms with van der Waals surface area (Å²) in [5.41, 5.74) is 3.69. The van der Waals surface area contributed by atoms with Crippen molar-refractivity contribution in [2.45, 2.75) is 27.2 Å². The minimum atomic E-state index is -0.928. The number of ether oxygens (including phenoxy) is 3. The Labute approximate surface area is 182 Å². The Balaban J connectivity index is 1.93. The minimum absolute atomic E-state index is 0.436. The Hall–Kier alpha value is -3.55. The summed E-state index contributed by atoms with van der Waals surface area (Å²) in [7, 11) is 1.56. The van der Waals surface area contributed by atoms with Gasteiger partial charge in [0.15, 0.2) is 11.5 Å². The van der Waals surface area contributed by atoms with Crippen molar-refractivity contribution in [2.24, 2.45) is 11.0 Å². The van der Waals surface area contributed by atoms with Crippen molar-refractivity contribution in [3.05, 3.63) is 48.0 Å². The Morgan fingerprint density at radius 3 is 2.42 bits per heavy atom. The van der Waals surface area contributed by atoms with Crippen LogP contribution in [0.25, 0.3) is 0 Å². The van der Waals surface area contributed by atoms with Gasteiger partial charge in [-0.25, -0.2) is 5.43 Å². The highest BCUT2D eigenvalue weighted by Gasteiger charge is 2.21. The van der Waals surface area contributed by atoms with Gasteiger partial charge in [0.2, 0.25) is 5.91 Å². The van der Waals surface area contributed by atoms with Gasteiger partial charge in [0.05, 0.1) is 26.5 Å². The summed E-state index contributed by atoms with van der Waals surface area (Å²) >= 11 is 0. The molecule has 0 aliphatic heterocycles. The topological polar surface area (TPSA) is 98.2 Å². The van der Waals surface area contributed by atoms with E-state index in [-0.39, 0.29) is 0 Å². The Kier molecular flexibility index (Phi) is 9.35. The molecule has 0 heterocycles. The molecule has 2 N–H and O–H groups in total. The highest BCUT2D eigenvalue weighted by molar-refractivity contribution is 6.06. The van der Waals surface area contributed by atoms with Crippen LogP contribution in [0.3, 0.4) is 0 Å². The second-order valence-electron chi connectivity index (χ2n) is 6.66. The molecule has 0 aliphatic carbocycles. The molecular formula is C23H29N3O5. The molecular weight excluding hydrogens is 398 g/mol. The number of hydrogen-bond acceptors (Lipinski definition) is 6. The molecule has 2 aromatic carbocycles. The van der Waals surface area contributed by atoms with Crippen LogP contribution in [0.5, 0.6) is 17.2 Å². The summed E-state index contributed by atoms with van der Waals surface area (Å²) in [6.45, 7) is 6.53. The number of carbonyl (C=O) groups is 2. The smallest absolute Gasteiger partial charge is 0.252 e. The number of nitrogens with one attached hydrogen (secondary N) is 2. The van der Waals surface area contributed by atoms with E-state index >= 15 is 0 Å². The zero-order valence-corrected chi connectivity index (χ0v) is 18.3. The lowest BCUT2D eigenvalue weighted by Crippen LogP contribution is -2.34. The average molecular weight is 428 g/mol. The molecule has 8 nitrogen and oxygen atoms in total. The molecule has 0 saturated carbocycles. The van der Waals surface area contributed by atoms with Gasteiger partial charge < -0.3 is 19.5 Å². The van der Waals surface area contributed by atoms with Gasteiger partial charge in [-0.15, -0.1) is 0 Å². The normalized spacial score (nSPS) is 11.6. The van der Waals surface area contributed by atoms with E-state index in [1.54, 1.807) is 43.5 Å². The quantitative estimate of drug-likeness (QED) is 0.324. The van der Waals surface area contributed by atoms with E-state index in [4.69, 9.17) is 14.2 Å². The van der Waals surface area contributed by atoms with Crippen molar-refractivity contribution in [1.82, 2.24) is 5.43 Å². The van der Waals surface area contributed by atoms with E-state index in [1.165, 1.54) is 13.1 Å². The fraction of sp³-hybridized carbons (Fsp3) is 0.348. The molecule has 0 spiro atoms. The van der Waals surface area contributed by atoms with Crippen molar-refractivity contribution in [3.63, 3.8) is 0 Å². The van der Waals surface area contributed by atoms with Gasteiger partial charge in [-0.3, -0.25) is 9.59 Å². The molecule has 1 unspecified atom stereocenters. The molecule has 0 bridgehead atoms. The fourth-order valence-corrected chi connectivity index (χ4v) is 2.52. The molecule has 2 amide bonds. The third-order valence-electron chi connectivity index (χ3n) is 4.26. The van der Waals surface area contributed by atoms with E-state index in [1.807, 2.05) is 19.9 Å². The molecule has 2 rings (SSSR count). The van der Waals surface area contributed by atoms with Crippen LogP contribution in [-0.2, 0) is 9.59 Å². The molecule has 0 aromatic heterocycles. The van der Waals surface area contributed by atoms with Crippen molar-refractivity contribution in [1.29, 1.82) is 0 Å². The maximum absolute atomic E-state index is 12.3. The molecule has 0 saturated heterocycles. The molecule has 0 fully saturated rings. The molecule has 0 radical (unpaired) electrons. The van der Waals surface area contributed by atoms with Crippen LogP contribution in [0.1, 0.15) is 32.8 Å². The van der Waals surface area contributed by atoms with Crippen LogP contribution in [-0.4, -0.2) is 38.4 Å². The second kappa shape index (κ2) is 12.2. The molecule has 31 heavy (non-hydrogen) atoms. The van der Waals surface area contributed by atoms with Crippen molar-refractivity contribution < 1.29 is 23.8 Å². The van der Waals surface area contributed by atoms with Crippen LogP contribution in [0.15, 0.2) is 47.6 Å². The first kappa shape index (κ1) is 23.7. The largest absolute Gasteiger partial charge is 0.497 e. The highest BCUT2D eigenvalue weighted by atomic mass is 16.5. The predicted octanol–water partition coefficient (Wildman–Crippen LogP) is 3.61. The number of amides is 2. The van der Waals surface area contributed by atoms with Gasteiger partial charge in [0, 0.05) is 5.69 Å². The summed E-state index contributed by atoms with van der Waals surface area (Å²) in [4.78, 5) is 24.6. The minimum Gasteiger partial charge on any atom is -0.497 e. The first-order valence-corrected chi connectivity index (χ1v) is 10.2. The molecule has 166 valence electrons. The van der Waals surface area contributed by atoms with E-state index in [9.17, 15) is 9.59 Å². The number of carbonyl (C=O) groups excluding carboxylic acids is 2. The van der Waals surface area contributed by atoms with Crippen molar-refractivity contribution >= 4 is 23.7 Å². The maximum atomic E-state index is 12.3. The monoisotopic (exact) mass is 427 g/mol. The third-order valence-corrected chi connectivity index (χ3v) is 4.26. The summed E-state index contributed by atoms with van der Waals surface area (Å²) in [5, 5.41) is 6.64. The van der Waals surface area contributed by atoms with Crippen molar-refractivity contribution in [3.8, 4) is 17.2 Å². The van der Waals surface area contributed by atoms with Gasteiger partial charge in [0.1, 0.15) is 11.7 Å². The number of rotatable bonds is 11. The lowest BCUT2D eigenvalue weighted by Gasteiger charge is -2.12. The van der Waals surface area contributed by atoms with Gasteiger partial charge in [0.25, 0.3) is 5.91 Å². The second-order valence-corrected chi connectivity index (χ2v) is 6.66. The molecule has 0 aliphatic rings. The SMILES string of the molecule is CCCOc1ccc(C=NNC(=O)C(C)C(=O)Nc2ccc(OC)cc2)cc1OCC. The van der Waals surface area contributed by atoms with Crippen LogP contribution in [0.2, 0.25) is 0 Å². The Morgan fingerprint density at radius 2 is 1.77 bits per heavy atom. The van der Waals surface area contributed by atoms with Gasteiger partial charge in [-0.1, -0.05) is 6.92 Å². The van der Waals surface area contributed by atoms with Crippen LogP contribution in [0, 0.1) is 5.92 Å². The Morgan fingerprint density at radius 1 is 1.03 bits per heavy atom. The van der Waals surface area contributed by atoms with Gasteiger partial charge >= 0.3 is 0 Å². The first-order valence-electron chi connectivity index (χ1n) is 10.2. The fourth-order valence-electron chi connectivity index (χ4n) is 2.52. The number of nitrogens with zero attached hydrogens (tertiary/aromatic N) is 1. The van der Waals surface area contributed by atoms with Crippen LogP contribution in [0.4, 0.5) is 5.69 Å².